The highest BCUT2D eigenvalue weighted by Gasteiger charge is 2.30. The van der Waals surface area contributed by atoms with Gasteiger partial charge in [-0.2, -0.15) is 13.2 Å². The lowest BCUT2D eigenvalue weighted by Gasteiger charge is -2.10. The number of hydrogen-bond donors (Lipinski definition) is 2. The summed E-state index contributed by atoms with van der Waals surface area (Å²) in [5, 5.41) is 4.97. The summed E-state index contributed by atoms with van der Waals surface area (Å²) in [5.41, 5.74) is 1.77. The highest BCUT2D eigenvalue weighted by molar-refractivity contribution is 5.93. The van der Waals surface area contributed by atoms with E-state index in [1.54, 1.807) is 24.3 Å². The van der Waals surface area contributed by atoms with Gasteiger partial charge in [-0.05, 0) is 86.0 Å². The Hall–Kier alpha value is -4.34. The summed E-state index contributed by atoms with van der Waals surface area (Å²) in [4.78, 5) is 35.9. The molecule has 38 heavy (non-hydrogen) atoms. The van der Waals surface area contributed by atoms with Crippen LogP contribution in [0.5, 0.6) is 11.5 Å². The number of benzene rings is 3. The van der Waals surface area contributed by atoms with E-state index >= 15 is 0 Å². The molecular weight excluding hydrogens is 501 g/mol. The van der Waals surface area contributed by atoms with Gasteiger partial charge in [-0.25, -0.2) is 0 Å². The first-order valence-corrected chi connectivity index (χ1v) is 11.8. The van der Waals surface area contributed by atoms with Crippen LogP contribution in [-0.2, 0) is 25.3 Å². The van der Waals surface area contributed by atoms with Crippen molar-refractivity contribution in [2.24, 2.45) is 0 Å². The highest BCUT2D eigenvalue weighted by Crippen LogP contribution is 2.30. The van der Waals surface area contributed by atoms with Crippen molar-refractivity contribution in [3.63, 3.8) is 0 Å². The monoisotopic (exact) mass is 528 g/mol. The molecule has 10 heteroatoms. The molecule has 0 radical (unpaired) electrons. The van der Waals surface area contributed by atoms with E-state index in [9.17, 15) is 27.6 Å². The molecule has 0 aromatic heterocycles. The van der Waals surface area contributed by atoms with Crippen LogP contribution in [0.1, 0.15) is 36.0 Å². The van der Waals surface area contributed by atoms with Crippen LogP contribution < -0.4 is 15.4 Å². The van der Waals surface area contributed by atoms with Gasteiger partial charge in [0.2, 0.25) is 5.91 Å². The van der Waals surface area contributed by atoms with Crippen molar-refractivity contribution in [2.45, 2.75) is 39.3 Å². The normalized spacial score (nSPS) is 11.0. The second-order valence-corrected chi connectivity index (χ2v) is 8.64. The standard InChI is InChI=1S/C28H27F3N2O5/c1-18-13-19(2)15-24(14-18)38-23-11-9-21(10-12-23)32-25(34)7-4-8-27(36)37-17-26(35)33-22-6-3-5-20(16-22)28(29,30)31/h3,5-6,9-16H,4,7-8,17H2,1-2H3,(H,32,34)(H,33,35). The molecule has 0 unspecified atom stereocenters. The maximum atomic E-state index is 12.8. The second kappa shape index (κ2) is 12.8. The minimum Gasteiger partial charge on any atom is -0.457 e. The van der Waals surface area contributed by atoms with Gasteiger partial charge in [0.1, 0.15) is 11.5 Å². The number of anilines is 2. The van der Waals surface area contributed by atoms with Gasteiger partial charge in [0.15, 0.2) is 6.61 Å². The molecule has 3 aromatic rings. The van der Waals surface area contributed by atoms with Crippen LogP contribution in [0, 0.1) is 13.8 Å². The SMILES string of the molecule is Cc1cc(C)cc(Oc2ccc(NC(=O)CCCC(=O)OCC(=O)Nc3cccc(C(F)(F)F)c3)cc2)c1. The van der Waals surface area contributed by atoms with Gasteiger partial charge in [-0.3, -0.25) is 14.4 Å². The fourth-order valence-electron chi connectivity index (χ4n) is 3.54. The molecule has 0 aliphatic rings. The lowest BCUT2D eigenvalue weighted by atomic mass is 10.1. The third-order valence-electron chi connectivity index (χ3n) is 5.19. The quantitative estimate of drug-likeness (QED) is 0.297. The van der Waals surface area contributed by atoms with E-state index in [0.29, 0.717) is 11.4 Å². The molecule has 0 saturated carbocycles. The number of halogens is 3. The number of rotatable bonds is 10. The van der Waals surface area contributed by atoms with Gasteiger partial charge in [0, 0.05) is 24.2 Å². The second-order valence-electron chi connectivity index (χ2n) is 8.64. The van der Waals surface area contributed by atoms with E-state index in [-0.39, 0.29) is 30.9 Å². The lowest BCUT2D eigenvalue weighted by Crippen LogP contribution is -2.21. The van der Waals surface area contributed by atoms with Gasteiger partial charge in [-0.15, -0.1) is 0 Å². The van der Waals surface area contributed by atoms with E-state index < -0.39 is 30.2 Å². The van der Waals surface area contributed by atoms with Crippen LogP contribution in [0.15, 0.2) is 66.7 Å². The minimum atomic E-state index is -4.54. The number of amides is 2. The van der Waals surface area contributed by atoms with Gasteiger partial charge < -0.3 is 20.1 Å². The Kier molecular flexibility index (Phi) is 9.48. The molecule has 0 spiro atoms. The molecule has 3 aromatic carbocycles. The van der Waals surface area contributed by atoms with Crippen LogP contribution in [0.2, 0.25) is 0 Å². The van der Waals surface area contributed by atoms with Crippen LogP contribution in [0.25, 0.3) is 0 Å². The fraction of sp³-hybridized carbons (Fsp3) is 0.250. The predicted molar refractivity (Wildman–Crippen MR) is 136 cm³/mol. The molecule has 2 amide bonds. The molecule has 200 valence electrons. The van der Waals surface area contributed by atoms with Crippen LogP contribution in [0.3, 0.4) is 0 Å². The summed E-state index contributed by atoms with van der Waals surface area (Å²) in [6.07, 6.45) is -4.41. The van der Waals surface area contributed by atoms with Gasteiger partial charge in [-0.1, -0.05) is 12.1 Å². The first-order chi connectivity index (χ1) is 18.0. The number of alkyl halides is 3. The molecule has 0 aliphatic heterocycles. The Labute approximate surface area is 218 Å². The van der Waals surface area contributed by atoms with Crippen molar-refractivity contribution in [2.75, 3.05) is 17.2 Å². The number of aryl methyl sites for hydroxylation is 2. The zero-order valence-electron chi connectivity index (χ0n) is 20.9. The summed E-state index contributed by atoms with van der Waals surface area (Å²) < 4.78 is 48.9. The summed E-state index contributed by atoms with van der Waals surface area (Å²) in [6.45, 7) is 3.32. The Morgan fingerprint density at radius 1 is 0.763 bits per heavy atom. The third-order valence-corrected chi connectivity index (χ3v) is 5.19. The summed E-state index contributed by atoms with van der Waals surface area (Å²) in [7, 11) is 0. The third kappa shape index (κ3) is 9.27. The number of ether oxygens (including phenoxy) is 2. The Morgan fingerprint density at radius 2 is 1.42 bits per heavy atom. The van der Waals surface area contributed by atoms with Crippen LogP contribution in [-0.4, -0.2) is 24.4 Å². The lowest BCUT2D eigenvalue weighted by molar-refractivity contribution is -0.147. The molecule has 0 saturated heterocycles. The van der Waals surface area contributed by atoms with E-state index in [1.165, 1.54) is 6.07 Å². The Morgan fingerprint density at radius 3 is 2.08 bits per heavy atom. The number of carbonyl (C=O) groups is 3. The van der Waals surface area contributed by atoms with Crippen molar-refractivity contribution < 1.29 is 37.0 Å². The van der Waals surface area contributed by atoms with E-state index in [2.05, 4.69) is 10.6 Å². The zero-order valence-corrected chi connectivity index (χ0v) is 20.9. The maximum absolute atomic E-state index is 12.8. The summed E-state index contributed by atoms with van der Waals surface area (Å²) in [6, 6.07) is 16.9. The fourth-order valence-corrected chi connectivity index (χ4v) is 3.54. The van der Waals surface area contributed by atoms with Gasteiger partial charge in [0.25, 0.3) is 5.91 Å². The smallest absolute Gasteiger partial charge is 0.416 e. The molecule has 0 aliphatic carbocycles. The first kappa shape index (κ1) is 28.2. The average molecular weight is 529 g/mol. The maximum Gasteiger partial charge on any atom is 0.416 e. The zero-order chi connectivity index (χ0) is 27.7. The number of esters is 1. The molecule has 0 atom stereocenters. The van der Waals surface area contributed by atoms with E-state index in [0.717, 1.165) is 35.1 Å². The highest BCUT2D eigenvalue weighted by atomic mass is 19.4. The molecule has 3 rings (SSSR count). The van der Waals surface area contributed by atoms with Crippen molar-refractivity contribution in [1.29, 1.82) is 0 Å². The number of nitrogens with one attached hydrogen (secondary N) is 2. The topological polar surface area (TPSA) is 93.7 Å². The Balaban J connectivity index is 1.35. The number of carbonyl (C=O) groups excluding carboxylic acids is 3. The van der Waals surface area contributed by atoms with Crippen LogP contribution >= 0.6 is 0 Å². The van der Waals surface area contributed by atoms with Crippen molar-refractivity contribution in [3.05, 3.63) is 83.4 Å². The predicted octanol–water partition coefficient (Wildman–Crippen LogP) is 6.41. The summed E-state index contributed by atoms with van der Waals surface area (Å²) >= 11 is 0. The molecule has 0 heterocycles. The van der Waals surface area contributed by atoms with Crippen molar-refractivity contribution in [3.8, 4) is 11.5 Å². The Bertz CT molecular complexity index is 1270. The largest absolute Gasteiger partial charge is 0.457 e. The molecule has 7 nitrogen and oxygen atoms in total. The minimum absolute atomic E-state index is 0.0480. The van der Waals surface area contributed by atoms with E-state index in [4.69, 9.17) is 9.47 Å². The molecule has 0 fully saturated rings. The molecule has 0 bridgehead atoms. The van der Waals surface area contributed by atoms with E-state index in [1.807, 2.05) is 32.0 Å². The van der Waals surface area contributed by atoms with Crippen molar-refractivity contribution in [1.82, 2.24) is 0 Å². The van der Waals surface area contributed by atoms with Gasteiger partial charge in [0.05, 0.1) is 5.56 Å². The number of hydrogen-bond acceptors (Lipinski definition) is 5. The molecular formula is C28H27F3N2O5. The van der Waals surface area contributed by atoms with Crippen molar-refractivity contribution >= 4 is 29.2 Å². The summed E-state index contributed by atoms with van der Waals surface area (Å²) in [5.74, 6) is -0.444. The van der Waals surface area contributed by atoms with Gasteiger partial charge >= 0.3 is 12.1 Å². The molecule has 2 N–H and O–H groups in total. The average Bonchev–Trinajstić information content (AvgIpc) is 2.83. The first-order valence-electron chi connectivity index (χ1n) is 11.8. The van der Waals surface area contributed by atoms with Crippen LogP contribution in [0.4, 0.5) is 24.5 Å².